The normalized spacial score (nSPS) is 25.3. The first-order chi connectivity index (χ1) is 9.05. The molecule has 2 atom stereocenters. The van der Waals surface area contributed by atoms with Crippen molar-refractivity contribution in [2.45, 2.75) is 44.2 Å². The Morgan fingerprint density at radius 2 is 2.32 bits per heavy atom. The minimum absolute atomic E-state index is 0.138. The lowest BCUT2D eigenvalue weighted by molar-refractivity contribution is -0.0885. The van der Waals surface area contributed by atoms with E-state index < -0.39 is 0 Å². The minimum atomic E-state index is -0.359. The maximum Gasteiger partial charge on any atom is 0.126 e. The molecule has 0 amide bonds. The third-order valence-electron chi connectivity index (χ3n) is 3.87. The van der Waals surface area contributed by atoms with Crippen LogP contribution in [-0.2, 0) is 11.2 Å². The Labute approximate surface area is 118 Å². The summed E-state index contributed by atoms with van der Waals surface area (Å²) in [6.45, 7) is 2.76. The Morgan fingerprint density at radius 3 is 2.95 bits per heavy atom. The predicted molar refractivity (Wildman–Crippen MR) is 74.4 cm³/mol. The van der Waals surface area contributed by atoms with E-state index in [1.807, 2.05) is 6.92 Å². The highest BCUT2D eigenvalue weighted by Gasteiger charge is 2.36. The lowest BCUT2D eigenvalue weighted by atomic mass is 9.85. The van der Waals surface area contributed by atoms with Crippen LogP contribution in [0.15, 0.2) is 18.2 Å². The Kier molecular flexibility index (Phi) is 4.79. The summed E-state index contributed by atoms with van der Waals surface area (Å²) >= 11 is 5.91. The molecule has 0 bridgehead atoms. The molecule has 19 heavy (non-hydrogen) atoms. The van der Waals surface area contributed by atoms with Crippen LogP contribution in [0.5, 0.6) is 0 Å². The second-order valence-corrected chi connectivity index (χ2v) is 5.71. The highest BCUT2D eigenvalue weighted by molar-refractivity contribution is 6.30. The number of nitrogens with two attached hydrogens (primary N) is 1. The molecule has 5 heteroatoms. The zero-order valence-corrected chi connectivity index (χ0v) is 11.8. The maximum atomic E-state index is 13.8. The number of hydrogen-bond donors (Lipinski definition) is 2. The van der Waals surface area contributed by atoms with E-state index in [1.165, 1.54) is 6.07 Å². The summed E-state index contributed by atoms with van der Waals surface area (Å²) in [5, 5.41) is 0.530. The summed E-state index contributed by atoms with van der Waals surface area (Å²) < 4.78 is 19.7. The van der Waals surface area contributed by atoms with Crippen LogP contribution in [0, 0.1) is 5.82 Å². The summed E-state index contributed by atoms with van der Waals surface area (Å²) in [5.41, 5.74) is 2.97. The number of halogens is 2. The van der Waals surface area contributed by atoms with Gasteiger partial charge in [-0.1, -0.05) is 11.6 Å². The van der Waals surface area contributed by atoms with Gasteiger partial charge in [-0.3, -0.25) is 11.3 Å². The summed E-state index contributed by atoms with van der Waals surface area (Å²) in [6.07, 6.45) is 3.55. The van der Waals surface area contributed by atoms with Gasteiger partial charge >= 0.3 is 0 Å². The zero-order chi connectivity index (χ0) is 13.9. The first-order valence-corrected chi connectivity index (χ1v) is 6.97. The molecule has 0 spiro atoms. The van der Waals surface area contributed by atoms with Crippen molar-refractivity contribution >= 4 is 11.6 Å². The fourth-order valence-electron chi connectivity index (χ4n) is 2.60. The fraction of sp³-hybridized carbons (Fsp3) is 0.571. The van der Waals surface area contributed by atoms with Gasteiger partial charge in [-0.2, -0.15) is 0 Å². The molecule has 0 aromatic heterocycles. The van der Waals surface area contributed by atoms with E-state index in [0.717, 1.165) is 25.9 Å². The quantitative estimate of drug-likeness (QED) is 0.661. The van der Waals surface area contributed by atoms with Crippen molar-refractivity contribution in [2.24, 2.45) is 5.84 Å². The number of rotatable bonds is 4. The Hall–Kier alpha value is -0.680. The molecule has 1 saturated heterocycles. The van der Waals surface area contributed by atoms with E-state index in [2.05, 4.69) is 5.43 Å². The third-order valence-corrected chi connectivity index (χ3v) is 4.10. The van der Waals surface area contributed by atoms with Crippen molar-refractivity contribution in [3.63, 3.8) is 0 Å². The molecule has 1 aliphatic rings. The molecule has 1 aromatic carbocycles. The summed E-state index contributed by atoms with van der Waals surface area (Å²) in [7, 11) is 0. The van der Waals surface area contributed by atoms with E-state index in [-0.39, 0.29) is 17.5 Å². The highest BCUT2D eigenvalue weighted by Crippen LogP contribution is 2.30. The Balaban J connectivity index is 2.16. The number of ether oxygens (including phenoxy) is 1. The monoisotopic (exact) mass is 286 g/mol. The van der Waals surface area contributed by atoms with Gasteiger partial charge in [0, 0.05) is 11.6 Å². The number of hydrogen-bond acceptors (Lipinski definition) is 3. The van der Waals surface area contributed by atoms with Gasteiger partial charge in [-0.25, -0.2) is 4.39 Å². The van der Waals surface area contributed by atoms with Crippen molar-refractivity contribution in [2.75, 3.05) is 6.61 Å². The van der Waals surface area contributed by atoms with E-state index in [0.29, 0.717) is 17.0 Å². The third kappa shape index (κ3) is 3.45. The van der Waals surface area contributed by atoms with Crippen LogP contribution in [0.25, 0.3) is 0 Å². The SMILES string of the molecule is CC1(C(Cc2cc(Cl)ccc2F)NN)CCCCO1. The molecule has 1 heterocycles. The average molecular weight is 287 g/mol. The number of nitrogens with one attached hydrogen (secondary N) is 1. The van der Waals surface area contributed by atoms with Crippen molar-refractivity contribution in [1.29, 1.82) is 0 Å². The second-order valence-electron chi connectivity index (χ2n) is 5.28. The van der Waals surface area contributed by atoms with Crippen molar-refractivity contribution in [3.05, 3.63) is 34.6 Å². The molecular formula is C14H20ClFN2O. The first-order valence-electron chi connectivity index (χ1n) is 6.59. The second kappa shape index (κ2) is 6.18. The van der Waals surface area contributed by atoms with Crippen LogP contribution in [0.3, 0.4) is 0 Å². The molecule has 2 unspecified atom stereocenters. The average Bonchev–Trinajstić information content (AvgIpc) is 2.40. The van der Waals surface area contributed by atoms with Gasteiger partial charge in [-0.05, 0) is 56.4 Å². The molecule has 106 valence electrons. The van der Waals surface area contributed by atoms with Gasteiger partial charge in [0.1, 0.15) is 5.82 Å². The van der Waals surface area contributed by atoms with Crippen molar-refractivity contribution < 1.29 is 9.13 Å². The molecule has 1 aromatic rings. The van der Waals surface area contributed by atoms with Gasteiger partial charge in [-0.15, -0.1) is 0 Å². The Morgan fingerprint density at radius 1 is 1.53 bits per heavy atom. The minimum Gasteiger partial charge on any atom is -0.374 e. The van der Waals surface area contributed by atoms with Gasteiger partial charge in [0.25, 0.3) is 0 Å². The molecule has 1 fully saturated rings. The van der Waals surface area contributed by atoms with E-state index in [9.17, 15) is 4.39 Å². The van der Waals surface area contributed by atoms with E-state index in [1.54, 1.807) is 12.1 Å². The van der Waals surface area contributed by atoms with Gasteiger partial charge in [0.15, 0.2) is 0 Å². The van der Waals surface area contributed by atoms with Gasteiger partial charge < -0.3 is 4.74 Å². The Bertz CT molecular complexity index is 435. The lowest BCUT2D eigenvalue weighted by Crippen LogP contribution is -2.55. The molecule has 3 nitrogen and oxygen atoms in total. The van der Waals surface area contributed by atoms with Crippen LogP contribution in [-0.4, -0.2) is 18.2 Å². The van der Waals surface area contributed by atoms with Gasteiger partial charge in [0.05, 0.1) is 11.6 Å². The van der Waals surface area contributed by atoms with Crippen LogP contribution in [0.2, 0.25) is 5.02 Å². The van der Waals surface area contributed by atoms with Crippen LogP contribution in [0.4, 0.5) is 4.39 Å². The fourth-order valence-corrected chi connectivity index (χ4v) is 2.80. The van der Waals surface area contributed by atoms with E-state index >= 15 is 0 Å². The molecule has 0 aliphatic carbocycles. The summed E-state index contributed by atoms with van der Waals surface area (Å²) in [5.74, 6) is 5.38. The largest absolute Gasteiger partial charge is 0.374 e. The lowest BCUT2D eigenvalue weighted by Gasteiger charge is -2.40. The number of hydrazine groups is 1. The standard InChI is InChI=1S/C14H20ClFN2O/c1-14(6-2-3-7-19-14)13(18-17)9-10-8-11(15)4-5-12(10)16/h4-5,8,13,18H,2-3,6-7,9,17H2,1H3. The molecule has 0 saturated carbocycles. The summed E-state index contributed by atoms with van der Waals surface area (Å²) in [4.78, 5) is 0. The summed E-state index contributed by atoms with van der Waals surface area (Å²) in [6, 6.07) is 4.44. The molecular weight excluding hydrogens is 267 g/mol. The number of benzene rings is 1. The first kappa shape index (κ1) is 14.7. The molecule has 2 rings (SSSR count). The van der Waals surface area contributed by atoms with Crippen LogP contribution in [0.1, 0.15) is 31.7 Å². The zero-order valence-electron chi connectivity index (χ0n) is 11.1. The topological polar surface area (TPSA) is 47.3 Å². The van der Waals surface area contributed by atoms with Crippen molar-refractivity contribution in [3.8, 4) is 0 Å². The smallest absolute Gasteiger partial charge is 0.126 e. The van der Waals surface area contributed by atoms with Crippen LogP contribution >= 0.6 is 11.6 Å². The molecule has 1 aliphatic heterocycles. The molecule has 3 N–H and O–H groups in total. The predicted octanol–water partition coefficient (Wildman–Crippen LogP) is 2.81. The highest BCUT2D eigenvalue weighted by atomic mass is 35.5. The van der Waals surface area contributed by atoms with Crippen LogP contribution < -0.4 is 11.3 Å². The van der Waals surface area contributed by atoms with Crippen molar-refractivity contribution in [1.82, 2.24) is 5.43 Å². The molecule has 0 radical (unpaired) electrons. The van der Waals surface area contributed by atoms with E-state index in [4.69, 9.17) is 22.2 Å². The van der Waals surface area contributed by atoms with Gasteiger partial charge in [0.2, 0.25) is 0 Å². The maximum absolute atomic E-state index is 13.8.